The average molecular weight is 419 g/mol. The van der Waals surface area contributed by atoms with Gasteiger partial charge < -0.3 is 24.6 Å². The number of anilines is 4. The van der Waals surface area contributed by atoms with Crippen LogP contribution in [0.4, 0.5) is 23.0 Å². The van der Waals surface area contributed by atoms with Crippen LogP contribution in [0.2, 0.25) is 0 Å². The zero-order valence-electron chi connectivity index (χ0n) is 17.4. The molecule has 5 rings (SSSR count). The van der Waals surface area contributed by atoms with Gasteiger partial charge in [-0.25, -0.2) is 15.0 Å². The molecule has 0 spiro atoms. The first-order chi connectivity index (χ1) is 15.3. The molecule has 0 radical (unpaired) electrons. The Kier molecular flexibility index (Phi) is 5.90. The van der Waals surface area contributed by atoms with E-state index >= 15 is 0 Å². The number of ether oxygens (including phenoxy) is 2. The summed E-state index contributed by atoms with van der Waals surface area (Å²) in [5.41, 5.74) is 4.00. The van der Waals surface area contributed by atoms with Gasteiger partial charge in [-0.2, -0.15) is 0 Å². The lowest BCUT2D eigenvalue weighted by Gasteiger charge is -2.28. The molecule has 0 aliphatic carbocycles. The summed E-state index contributed by atoms with van der Waals surface area (Å²) >= 11 is 0. The van der Waals surface area contributed by atoms with Crippen molar-refractivity contribution in [1.29, 1.82) is 0 Å². The monoisotopic (exact) mass is 418 g/mol. The van der Waals surface area contributed by atoms with Crippen LogP contribution in [0.3, 0.4) is 0 Å². The summed E-state index contributed by atoms with van der Waals surface area (Å²) in [7, 11) is 0. The zero-order chi connectivity index (χ0) is 20.9. The molecule has 0 atom stereocenters. The molecule has 2 fully saturated rings. The number of nitrogens with one attached hydrogen (secondary N) is 1. The third kappa shape index (κ3) is 4.76. The van der Waals surface area contributed by atoms with Crippen molar-refractivity contribution >= 4 is 23.0 Å². The smallest absolute Gasteiger partial charge is 0.134 e. The standard InChI is InChI=1S/C23H26N6O2/c1-6-23(29-9-13-31-14-10-29)24-16-18(1)21-15-22(26-17-25-21)27-19-2-4-20(5-3-19)28-7-11-30-12-8-28/h1-6,15-17H,7-14H2,(H,25,26,27). The zero-order valence-corrected chi connectivity index (χ0v) is 17.4. The highest BCUT2D eigenvalue weighted by molar-refractivity contribution is 5.66. The molecule has 0 amide bonds. The molecule has 2 aromatic heterocycles. The summed E-state index contributed by atoms with van der Waals surface area (Å²) in [6.07, 6.45) is 3.45. The van der Waals surface area contributed by atoms with Gasteiger partial charge in [-0.1, -0.05) is 0 Å². The van der Waals surface area contributed by atoms with E-state index in [-0.39, 0.29) is 0 Å². The predicted octanol–water partition coefficient (Wildman–Crippen LogP) is 2.96. The number of aromatic nitrogens is 3. The van der Waals surface area contributed by atoms with E-state index in [1.165, 1.54) is 5.69 Å². The Hall–Kier alpha value is -3.23. The van der Waals surface area contributed by atoms with E-state index in [2.05, 4.69) is 60.4 Å². The Morgan fingerprint density at radius 1 is 0.742 bits per heavy atom. The van der Waals surface area contributed by atoms with Gasteiger partial charge in [-0.3, -0.25) is 0 Å². The molecule has 3 aromatic rings. The number of rotatable bonds is 5. The summed E-state index contributed by atoms with van der Waals surface area (Å²) in [6.45, 7) is 6.67. The molecular weight excluding hydrogens is 392 g/mol. The molecule has 1 aromatic carbocycles. The minimum absolute atomic E-state index is 0.748. The van der Waals surface area contributed by atoms with Crippen molar-refractivity contribution in [3.63, 3.8) is 0 Å². The second-order valence-electron chi connectivity index (χ2n) is 7.56. The molecule has 8 heteroatoms. The molecular formula is C23H26N6O2. The van der Waals surface area contributed by atoms with Crippen LogP contribution in [0, 0.1) is 0 Å². The van der Waals surface area contributed by atoms with E-state index in [0.29, 0.717) is 0 Å². The molecule has 2 aliphatic rings. The lowest BCUT2D eigenvalue weighted by atomic mass is 10.2. The van der Waals surface area contributed by atoms with E-state index in [4.69, 9.17) is 9.47 Å². The fourth-order valence-corrected chi connectivity index (χ4v) is 3.83. The first kappa shape index (κ1) is 19.7. The average Bonchev–Trinajstić information content (AvgIpc) is 2.86. The summed E-state index contributed by atoms with van der Waals surface area (Å²) in [4.78, 5) is 18.0. The van der Waals surface area contributed by atoms with Crippen LogP contribution in [-0.4, -0.2) is 67.6 Å². The summed E-state index contributed by atoms with van der Waals surface area (Å²) in [5, 5.41) is 3.37. The van der Waals surface area contributed by atoms with Gasteiger partial charge in [0.05, 0.1) is 32.1 Å². The number of benzene rings is 1. The molecule has 4 heterocycles. The van der Waals surface area contributed by atoms with Crippen molar-refractivity contribution in [1.82, 2.24) is 15.0 Å². The molecule has 0 saturated carbocycles. The Morgan fingerprint density at radius 2 is 1.45 bits per heavy atom. The second kappa shape index (κ2) is 9.28. The minimum atomic E-state index is 0.748. The predicted molar refractivity (Wildman–Crippen MR) is 121 cm³/mol. The summed E-state index contributed by atoms with van der Waals surface area (Å²) < 4.78 is 10.8. The lowest BCUT2D eigenvalue weighted by molar-refractivity contribution is 0.122. The molecule has 31 heavy (non-hydrogen) atoms. The number of hydrogen-bond acceptors (Lipinski definition) is 8. The van der Waals surface area contributed by atoms with Crippen LogP contribution >= 0.6 is 0 Å². The van der Waals surface area contributed by atoms with E-state index in [1.54, 1.807) is 6.33 Å². The maximum absolute atomic E-state index is 5.43. The Morgan fingerprint density at radius 3 is 2.13 bits per heavy atom. The van der Waals surface area contributed by atoms with Gasteiger partial charge in [0.2, 0.25) is 0 Å². The largest absolute Gasteiger partial charge is 0.378 e. The Bertz CT molecular complexity index is 984. The third-order valence-electron chi connectivity index (χ3n) is 5.56. The molecule has 0 unspecified atom stereocenters. The third-order valence-corrected chi connectivity index (χ3v) is 5.56. The highest BCUT2D eigenvalue weighted by Gasteiger charge is 2.13. The molecule has 2 aliphatic heterocycles. The normalized spacial score (nSPS) is 16.9. The highest BCUT2D eigenvalue weighted by Crippen LogP contribution is 2.24. The van der Waals surface area contributed by atoms with Gasteiger partial charge in [-0.15, -0.1) is 0 Å². The number of nitrogens with zero attached hydrogens (tertiary/aromatic N) is 5. The number of morpholine rings is 2. The van der Waals surface area contributed by atoms with Crippen LogP contribution in [0.25, 0.3) is 11.3 Å². The topological polar surface area (TPSA) is 75.6 Å². The number of hydrogen-bond donors (Lipinski definition) is 1. The van der Waals surface area contributed by atoms with Crippen LogP contribution in [-0.2, 0) is 9.47 Å². The molecule has 1 N–H and O–H groups in total. The quantitative estimate of drug-likeness (QED) is 0.678. The van der Waals surface area contributed by atoms with Crippen molar-refractivity contribution in [2.24, 2.45) is 0 Å². The van der Waals surface area contributed by atoms with E-state index < -0.39 is 0 Å². The first-order valence-corrected chi connectivity index (χ1v) is 10.7. The van der Waals surface area contributed by atoms with Gasteiger partial charge >= 0.3 is 0 Å². The second-order valence-corrected chi connectivity index (χ2v) is 7.56. The SMILES string of the molecule is c1nc(Nc2ccc(N3CCOCC3)cc2)cc(-c2ccc(N3CCOCC3)nc2)n1. The Balaban J connectivity index is 1.26. The van der Waals surface area contributed by atoms with E-state index in [1.807, 2.05) is 18.3 Å². The molecule has 2 saturated heterocycles. The molecule has 0 bridgehead atoms. The van der Waals surface area contributed by atoms with Crippen LogP contribution in [0.5, 0.6) is 0 Å². The summed E-state index contributed by atoms with van der Waals surface area (Å²) in [6, 6.07) is 14.5. The van der Waals surface area contributed by atoms with E-state index in [9.17, 15) is 0 Å². The van der Waals surface area contributed by atoms with Crippen molar-refractivity contribution in [2.45, 2.75) is 0 Å². The van der Waals surface area contributed by atoms with Crippen LogP contribution in [0.1, 0.15) is 0 Å². The van der Waals surface area contributed by atoms with Gasteiger partial charge in [0.25, 0.3) is 0 Å². The fourth-order valence-electron chi connectivity index (χ4n) is 3.83. The van der Waals surface area contributed by atoms with Gasteiger partial charge in [0.1, 0.15) is 18.0 Å². The Labute approximate surface area is 181 Å². The minimum Gasteiger partial charge on any atom is -0.378 e. The maximum Gasteiger partial charge on any atom is 0.134 e. The van der Waals surface area contributed by atoms with Crippen molar-refractivity contribution in [2.75, 3.05) is 67.7 Å². The molecule has 8 nitrogen and oxygen atoms in total. The van der Waals surface area contributed by atoms with Crippen LogP contribution in [0.15, 0.2) is 55.0 Å². The van der Waals surface area contributed by atoms with Gasteiger partial charge in [0.15, 0.2) is 0 Å². The van der Waals surface area contributed by atoms with E-state index in [0.717, 1.165) is 81.2 Å². The fraction of sp³-hybridized carbons (Fsp3) is 0.348. The van der Waals surface area contributed by atoms with Crippen LogP contribution < -0.4 is 15.1 Å². The van der Waals surface area contributed by atoms with Gasteiger partial charge in [0, 0.05) is 55.4 Å². The highest BCUT2D eigenvalue weighted by atomic mass is 16.5. The maximum atomic E-state index is 5.43. The first-order valence-electron chi connectivity index (χ1n) is 10.7. The lowest BCUT2D eigenvalue weighted by Crippen LogP contribution is -2.36. The van der Waals surface area contributed by atoms with Crippen molar-refractivity contribution in [3.05, 3.63) is 55.0 Å². The van der Waals surface area contributed by atoms with Crippen molar-refractivity contribution in [3.8, 4) is 11.3 Å². The summed E-state index contributed by atoms with van der Waals surface area (Å²) in [5.74, 6) is 1.72. The number of pyridine rings is 1. The van der Waals surface area contributed by atoms with Crippen molar-refractivity contribution < 1.29 is 9.47 Å². The molecule has 160 valence electrons. The van der Waals surface area contributed by atoms with Gasteiger partial charge in [-0.05, 0) is 36.4 Å².